The average molecular weight is 392 g/mol. The average Bonchev–Trinajstić information content (AvgIpc) is 3.21. The number of hydrogen-bond acceptors (Lipinski definition) is 4. The Morgan fingerprint density at radius 1 is 1.14 bits per heavy atom. The first-order valence-corrected chi connectivity index (χ1v) is 10.6. The van der Waals surface area contributed by atoms with Crippen molar-refractivity contribution in [2.24, 2.45) is 0 Å². The van der Waals surface area contributed by atoms with Gasteiger partial charge in [0, 0.05) is 37.4 Å². The van der Waals surface area contributed by atoms with Crippen molar-refractivity contribution in [2.75, 3.05) is 13.1 Å². The second-order valence-electron chi connectivity index (χ2n) is 7.37. The molecule has 2 aromatic heterocycles. The summed E-state index contributed by atoms with van der Waals surface area (Å²) in [5, 5.41) is 5.26. The first-order valence-electron chi connectivity index (χ1n) is 9.77. The summed E-state index contributed by atoms with van der Waals surface area (Å²) >= 11 is 1.52. The van der Waals surface area contributed by atoms with Gasteiger partial charge in [-0.3, -0.25) is 14.7 Å². The highest BCUT2D eigenvalue weighted by atomic mass is 32.1. The molecule has 5 heteroatoms. The van der Waals surface area contributed by atoms with E-state index in [0.717, 1.165) is 54.2 Å². The molecule has 0 radical (unpaired) electrons. The zero-order chi connectivity index (χ0) is 19.3. The van der Waals surface area contributed by atoms with E-state index >= 15 is 0 Å². The van der Waals surface area contributed by atoms with Gasteiger partial charge in [-0.05, 0) is 48.9 Å². The third-order valence-electron chi connectivity index (χ3n) is 5.27. The number of aryl methyl sites for hydroxylation is 1. The lowest BCUT2D eigenvalue weighted by atomic mass is 10.0. The fourth-order valence-electron chi connectivity index (χ4n) is 3.65. The minimum atomic E-state index is 0.0498. The number of hydrogen-bond donors (Lipinski definition) is 1. The zero-order valence-electron chi connectivity index (χ0n) is 16.1. The molecule has 1 amide bonds. The molecule has 3 heterocycles. The van der Waals surface area contributed by atoms with Crippen molar-refractivity contribution in [2.45, 2.75) is 32.4 Å². The van der Waals surface area contributed by atoms with E-state index in [1.54, 1.807) is 0 Å². The Kier molecular flexibility index (Phi) is 5.84. The van der Waals surface area contributed by atoms with Crippen molar-refractivity contribution in [1.29, 1.82) is 0 Å². The molecule has 1 fully saturated rings. The predicted octanol–water partition coefficient (Wildman–Crippen LogP) is 4.51. The van der Waals surface area contributed by atoms with Gasteiger partial charge >= 0.3 is 0 Å². The second-order valence-corrected chi connectivity index (χ2v) is 8.29. The molecule has 1 aliphatic heterocycles. The van der Waals surface area contributed by atoms with Crippen LogP contribution in [0.25, 0.3) is 11.1 Å². The van der Waals surface area contributed by atoms with E-state index < -0.39 is 0 Å². The maximum absolute atomic E-state index is 12.9. The zero-order valence-corrected chi connectivity index (χ0v) is 16.9. The molecule has 0 aliphatic carbocycles. The molecule has 4 rings (SSSR count). The van der Waals surface area contributed by atoms with Crippen molar-refractivity contribution in [3.8, 4) is 11.1 Å². The van der Waals surface area contributed by atoms with Gasteiger partial charge in [0.2, 0.25) is 0 Å². The van der Waals surface area contributed by atoms with Crippen LogP contribution in [0.2, 0.25) is 0 Å². The summed E-state index contributed by atoms with van der Waals surface area (Å²) < 4.78 is 0. The van der Waals surface area contributed by atoms with E-state index in [0.29, 0.717) is 0 Å². The number of amides is 1. The molecule has 3 aromatic rings. The second kappa shape index (κ2) is 8.67. The highest BCUT2D eigenvalue weighted by Crippen LogP contribution is 2.29. The van der Waals surface area contributed by atoms with Crippen LogP contribution in [0.1, 0.15) is 33.8 Å². The number of carbonyl (C=O) groups is 1. The van der Waals surface area contributed by atoms with E-state index in [1.165, 1.54) is 16.9 Å². The number of piperidine rings is 1. The number of pyridine rings is 1. The van der Waals surface area contributed by atoms with Crippen molar-refractivity contribution < 1.29 is 4.79 Å². The van der Waals surface area contributed by atoms with E-state index in [9.17, 15) is 4.79 Å². The number of nitrogens with zero attached hydrogens (tertiary/aromatic N) is 2. The molecule has 0 spiro atoms. The SMILES string of the molecule is Cc1ccc(-c2ccsc2C(=O)NC2CCN(Cc3ccccn3)CC2)cc1. The van der Waals surface area contributed by atoms with E-state index in [1.807, 2.05) is 29.8 Å². The Morgan fingerprint density at radius 2 is 1.93 bits per heavy atom. The molecule has 0 atom stereocenters. The highest BCUT2D eigenvalue weighted by Gasteiger charge is 2.23. The van der Waals surface area contributed by atoms with Crippen molar-refractivity contribution in [3.63, 3.8) is 0 Å². The van der Waals surface area contributed by atoms with Crippen molar-refractivity contribution >= 4 is 17.2 Å². The van der Waals surface area contributed by atoms with Crippen LogP contribution in [0, 0.1) is 6.92 Å². The van der Waals surface area contributed by atoms with Gasteiger partial charge in [-0.25, -0.2) is 0 Å². The van der Waals surface area contributed by atoms with E-state index in [2.05, 4.69) is 52.5 Å². The Bertz CT molecular complexity index is 913. The molecule has 1 saturated heterocycles. The normalized spacial score (nSPS) is 15.5. The Hall–Kier alpha value is -2.50. The minimum absolute atomic E-state index is 0.0498. The van der Waals surface area contributed by atoms with Crippen LogP contribution in [-0.2, 0) is 6.54 Å². The third-order valence-corrected chi connectivity index (χ3v) is 6.18. The molecule has 0 bridgehead atoms. The monoisotopic (exact) mass is 391 g/mol. The maximum Gasteiger partial charge on any atom is 0.262 e. The molecule has 28 heavy (non-hydrogen) atoms. The number of aromatic nitrogens is 1. The predicted molar refractivity (Wildman–Crippen MR) is 114 cm³/mol. The van der Waals surface area contributed by atoms with Gasteiger partial charge in [0.15, 0.2) is 0 Å². The van der Waals surface area contributed by atoms with Gasteiger partial charge in [-0.1, -0.05) is 35.9 Å². The molecular formula is C23H25N3OS. The molecule has 1 aromatic carbocycles. The highest BCUT2D eigenvalue weighted by molar-refractivity contribution is 7.12. The summed E-state index contributed by atoms with van der Waals surface area (Å²) in [6.45, 7) is 4.92. The number of rotatable bonds is 5. The Labute approximate surface area is 170 Å². The van der Waals surface area contributed by atoms with Gasteiger partial charge in [0.1, 0.15) is 0 Å². The Morgan fingerprint density at radius 3 is 2.64 bits per heavy atom. The number of likely N-dealkylation sites (tertiary alicyclic amines) is 1. The number of benzene rings is 1. The van der Waals surface area contributed by atoms with Crippen molar-refractivity contribution in [1.82, 2.24) is 15.2 Å². The van der Waals surface area contributed by atoms with Gasteiger partial charge < -0.3 is 5.32 Å². The van der Waals surface area contributed by atoms with Gasteiger partial charge in [0.25, 0.3) is 5.91 Å². The standard InChI is InChI=1S/C23H25N3OS/c1-17-5-7-18(8-6-17)21-11-15-28-22(21)23(27)25-19-9-13-26(14-10-19)16-20-4-2-3-12-24-20/h2-8,11-12,15,19H,9-10,13-14,16H2,1H3,(H,25,27). The third kappa shape index (κ3) is 4.49. The Balaban J connectivity index is 1.34. The van der Waals surface area contributed by atoms with Crippen molar-refractivity contribution in [3.05, 3.63) is 76.2 Å². The number of carbonyl (C=O) groups excluding carboxylic acids is 1. The largest absolute Gasteiger partial charge is 0.348 e. The first-order chi connectivity index (χ1) is 13.7. The fourth-order valence-corrected chi connectivity index (χ4v) is 4.47. The van der Waals surface area contributed by atoms with E-state index in [4.69, 9.17) is 0 Å². The lowest BCUT2D eigenvalue weighted by Gasteiger charge is -2.32. The van der Waals surface area contributed by atoms with Gasteiger partial charge in [0.05, 0.1) is 10.6 Å². The molecule has 1 N–H and O–H groups in total. The summed E-state index contributed by atoms with van der Waals surface area (Å²) in [6, 6.07) is 16.7. The van der Waals surface area contributed by atoms with Crippen LogP contribution in [0.4, 0.5) is 0 Å². The number of nitrogens with one attached hydrogen (secondary N) is 1. The maximum atomic E-state index is 12.9. The summed E-state index contributed by atoms with van der Waals surface area (Å²) in [6.07, 6.45) is 3.79. The van der Waals surface area contributed by atoms with Crippen LogP contribution in [0.15, 0.2) is 60.1 Å². The molecule has 0 unspecified atom stereocenters. The summed E-state index contributed by atoms with van der Waals surface area (Å²) in [5.41, 5.74) is 4.45. The topological polar surface area (TPSA) is 45.2 Å². The molecule has 4 nitrogen and oxygen atoms in total. The van der Waals surface area contributed by atoms with Crippen LogP contribution in [0.5, 0.6) is 0 Å². The fraction of sp³-hybridized carbons (Fsp3) is 0.304. The lowest BCUT2D eigenvalue weighted by Crippen LogP contribution is -2.44. The van der Waals surface area contributed by atoms with E-state index in [-0.39, 0.29) is 11.9 Å². The van der Waals surface area contributed by atoms with Gasteiger partial charge in [-0.2, -0.15) is 0 Å². The number of thiophene rings is 1. The minimum Gasteiger partial charge on any atom is -0.348 e. The summed E-state index contributed by atoms with van der Waals surface area (Å²) in [5.74, 6) is 0.0498. The summed E-state index contributed by atoms with van der Waals surface area (Å²) in [4.78, 5) is 20.5. The first kappa shape index (κ1) is 18.8. The molecule has 0 saturated carbocycles. The van der Waals surface area contributed by atoms with Crippen LogP contribution in [0.3, 0.4) is 0 Å². The molecule has 144 valence electrons. The molecular weight excluding hydrogens is 366 g/mol. The lowest BCUT2D eigenvalue weighted by molar-refractivity contribution is 0.0913. The van der Waals surface area contributed by atoms with Gasteiger partial charge in [-0.15, -0.1) is 11.3 Å². The quantitative estimate of drug-likeness (QED) is 0.696. The smallest absolute Gasteiger partial charge is 0.262 e. The summed E-state index contributed by atoms with van der Waals surface area (Å²) in [7, 11) is 0. The van der Waals surface area contributed by atoms with Crippen LogP contribution in [-0.4, -0.2) is 34.9 Å². The van der Waals surface area contributed by atoms with Crippen LogP contribution >= 0.6 is 11.3 Å². The van der Waals surface area contributed by atoms with Crippen LogP contribution < -0.4 is 5.32 Å². The molecule has 1 aliphatic rings.